The van der Waals surface area contributed by atoms with Gasteiger partial charge in [0.2, 0.25) is 0 Å². The van der Waals surface area contributed by atoms with Crippen LogP contribution in [0.15, 0.2) is 52.1 Å². The Morgan fingerprint density at radius 1 is 1.06 bits per heavy atom. The third-order valence-electron chi connectivity index (χ3n) is 6.20. The van der Waals surface area contributed by atoms with Crippen LogP contribution in [0.25, 0.3) is 0 Å². The number of carbonyl (C=O) groups is 2. The summed E-state index contributed by atoms with van der Waals surface area (Å²) in [5.41, 5.74) is -1.44. The molecule has 0 aliphatic carbocycles. The summed E-state index contributed by atoms with van der Waals surface area (Å²) in [4.78, 5) is 52.4. The largest absolute Gasteiger partial charge is 0.491 e. The summed E-state index contributed by atoms with van der Waals surface area (Å²) < 4.78 is 13.9. The van der Waals surface area contributed by atoms with Crippen molar-refractivity contribution in [2.24, 2.45) is 14.1 Å². The number of hydrogen-bond acceptors (Lipinski definition) is 6. The van der Waals surface area contributed by atoms with E-state index in [0.717, 1.165) is 26.5 Å². The lowest BCUT2D eigenvalue weighted by molar-refractivity contribution is -0.156. The molecule has 1 unspecified atom stereocenters. The van der Waals surface area contributed by atoms with E-state index in [4.69, 9.17) is 9.47 Å². The zero-order valence-corrected chi connectivity index (χ0v) is 19.3. The number of carbonyl (C=O) groups excluding carboxylic acids is 2. The number of fused-ring (bicyclic) bond motifs is 1. The summed E-state index contributed by atoms with van der Waals surface area (Å²) >= 11 is 0. The van der Waals surface area contributed by atoms with Crippen molar-refractivity contribution in [2.75, 3.05) is 32.8 Å². The van der Waals surface area contributed by atoms with E-state index < -0.39 is 22.8 Å². The average molecular weight is 469 g/mol. The van der Waals surface area contributed by atoms with Crippen molar-refractivity contribution in [2.45, 2.75) is 18.4 Å². The molecule has 0 radical (unpaired) electrons. The van der Waals surface area contributed by atoms with E-state index in [0.29, 0.717) is 13.0 Å². The molecule has 2 aliphatic heterocycles. The van der Waals surface area contributed by atoms with Crippen molar-refractivity contribution in [3.05, 3.63) is 74.6 Å². The Hall–Kier alpha value is -3.66. The van der Waals surface area contributed by atoms with Gasteiger partial charge in [-0.15, -0.1) is 0 Å². The van der Waals surface area contributed by atoms with Gasteiger partial charge in [-0.3, -0.25) is 23.5 Å². The average Bonchev–Trinajstić information content (AvgIpc) is 2.85. The van der Waals surface area contributed by atoms with Crippen LogP contribution < -0.4 is 21.3 Å². The van der Waals surface area contributed by atoms with E-state index in [1.165, 1.54) is 19.0 Å². The highest BCUT2D eigenvalue weighted by Crippen LogP contribution is 2.26. The third kappa shape index (κ3) is 4.54. The van der Waals surface area contributed by atoms with E-state index >= 15 is 0 Å². The molecule has 2 aromatic rings. The molecule has 1 fully saturated rings. The van der Waals surface area contributed by atoms with Crippen LogP contribution in [0, 0.1) is 0 Å². The number of ether oxygens (including phenoxy) is 2. The van der Waals surface area contributed by atoms with Crippen LogP contribution in [0.1, 0.15) is 22.5 Å². The fourth-order valence-electron chi connectivity index (χ4n) is 4.20. The number of hydrogen-bond donors (Lipinski definition) is 1. The molecule has 34 heavy (non-hydrogen) atoms. The van der Waals surface area contributed by atoms with Crippen molar-refractivity contribution < 1.29 is 19.1 Å². The van der Waals surface area contributed by atoms with Crippen molar-refractivity contribution in [3.63, 3.8) is 0 Å². The molecule has 10 heteroatoms. The Bertz CT molecular complexity index is 1250. The standard InChI is InChI=1S/C24H28N4O6/c1-26-18(15-20(29)27(2)23(26)32)21(30)28-12-14-34-24(16-28)10-6-5-8-17-7-3-4-9-19(17)33-13-11-25-22(24)31/h3-7,9,15H,8,10-14,16H2,1-2H3,(H,25,31)/b6-5+. The first-order valence-corrected chi connectivity index (χ1v) is 11.2. The minimum Gasteiger partial charge on any atom is -0.491 e. The molecule has 2 aliphatic rings. The number of nitrogens with one attached hydrogen (secondary N) is 1. The van der Waals surface area contributed by atoms with Gasteiger partial charge >= 0.3 is 5.69 Å². The first-order valence-electron chi connectivity index (χ1n) is 11.2. The molecule has 2 amide bonds. The van der Waals surface area contributed by atoms with Gasteiger partial charge < -0.3 is 19.7 Å². The smallest absolute Gasteiger partial charge is 0.331 e. The van der Waals surface area contributed by atoms with Gasteiger partial charge in [-0.2, -0.15) is 0 Å². The molecule has 1 saturated heterocycles. The second-order valence-electron chi connectivity index (χ2n) is 8.43. The first kappa shape index (κ1) is 23.5. The second-order valence-corrected chi connectivity index (χ2v) is 8.43. The van der Waals surface area contributed by atoms with Crippen molar-refractivity contribution >= 4 is 11.8 Å². The number of morpholine rings is 1. The maximum Gasteiger partial charge on any atom is 0.331 e. The van der Waals surface area contributed by atoms with E-state index in [-0.39, 0.29) is 44.3 Å². The molecule has 1 aromatic heterocycles. The molecule has 4 rings (SSSR count). The van der Waals surface area contributed by atoms with Crippen molar-refractivity contribution in [3.8, 4) is 5.75 Å². The van der Waals surface area contributed by atoms with Gasteiger partial charge in [-0.25, -0.2) is 4.79 Å². The Balaban J connectivity index is 1.60. The number of benzene rings is 1. The maximum atomic E-state index is 13.3. The van der Waals surface area contributed by atoms with Gasteiger partial charge in [0.05, 0.1) is 19.7 Å². The summed E-state index contributed by atoms with van der Waals surface area (Å²) in [5.74, 6) is -0.0629. The molecule has 0 bridgehead atoms. The minimum absolute atomic E-state index is 0.0111. The molecule has 3 heterocycles. The quantitative estimate of drug-likeness (QED) is 0.590. The van der Waals surface area contributed by atoms with Crippen LogP contribution in [-0.2, 0) is 30.0 Å². The molecule has 1 aromatic carbocycles. The van der Waals surface area contributed by atoms with Crippen molar-refractivity contribution in [1.29, 1.82) is 0 Å². The predicted molar refractivity (Wildman–Crippen MR) is 124 cm³/mol. The third-order valence-corrected chi connectivity index (χ3v) is 6.20. The fourth-order valence-corrected chi connectivity index (χ4v) is 4.20. The second kappa shape index (κ2) is 9.68. The number of aromatic nitrogens is 2. The summed E-state index contributed by atoms with van der Waals surface area (Å²) in [6, 6.07) is 8.88. The highest BCUT2D eigenvalue weighted by atomic mass is 16.5. The SMILES string of the molecule is Cn1c(C(=O)N2CCOC3(C/C=C/Cc4ccccc4OCCNC3=O)C2)cc(=O)n(C)c1=O. The monoisotopic (exact) mass is 468 g/mol. The molecule has 1 N–H and O–H groups in total. The maximum absolute atomic E-state index is 13.3. The molecular weight excluding hydrogens is 440 g/mol. The van der Waals surface area contributed by atoms with E-state index in [2.05, 4.69) is 5.32 Å². The molecule has 1 spiro atoms. The zero-order chi connectivity index (χ0) is 24.3. The lowest BCUT2D eigenvalue weighted by Crippen LogP contribution is -2.61. The van der Waals surface area contributed by atoms with Crippen LogP contribution in [0.5, 0.6) is 5.75 Å². The predicted octanol–water partition coefficient (Wildman–Crippen LogP) is -0.00720. The van der Waals surface area contributed by atoms with Gasteiger partial charge in [-0.1, -0.05) is 30.4 Å². The summed E-state index contributed by atoms with van der Waals surface area (Å²) in [5, 5.41) is 2.86. The van der Waals surface area contributed by atoms with E-state index in [1.807, 2.05) is 36.4 Å². The normalized spacial score (nSPS) is 22.1. The van der Waals surface area contributed by atoms with Crippen LogP contribution in [0.3, 0.4) is 0 Å². The summed E-state index contributed by atoms with van der Waals surface area (Å²) in [6.45, 7) is 0.936. The number of amides is 2. The van der Waals surface area contributed by atoms with E-state index in [1.54, 1.807) is 0 Å². The van der Waals surface area contributed by atoms with Crippen LogP contribution in [0.4, 0.5) is 0 Å². The van der Waals surface area contributed by atoms with Gasteiger partial charge in [0, 0.05) is 33.1 Å². The summed E-state index contributed by atoms with van der Waals surface area (Å²) in [7, 11) is 2.79. The van der Waals surface area contributed by atoms with Gasteiger partial charge in [-0.05, 0) is 18.1 Å². The lowest BCUT2D eigenvalue weighted by Gasteiger charge is -2.41. The number of rotatable bonds is 1. The number of nitrogens with zero attached hydrogens (tertiary/aromatic N) is 3. The molecular formula is C24H28N4O6. The van der Waals surface area contributed by atoms with Gasteiger partial charge in [0.1, 0.15) is 18.1 Å². The number of allylic oxidation sites excluding steroid dienone is 1. The Morgan fingerprint density at radius 3 is 2.68 bits per heavy atom. The van der Waals surface area contributed by atoms with Crippen LogP contribution in [0.2, 0.25) is 0 Å². The molecule has 0 saturated carbocycles. The Morgan fingerprint density at radius 2 is 1.85 bits per heavy atom. The van der Waals surface area contributed by atoms with E-state index in [9.17, 15) is 19.2 Å². The molecule has 1 atom stereocenters. The fraction of sp³-hybridized carbons (Fsp3) is 0.417. The highest BCUT2D eigenvalue weighted by Gasteiger charge is 2.44. The van der Waals surface area contributed by atoms with Crippen LogP contribution in [-0.4, -0.2) is 64.3 Å². The number of para-hydroxylation sites is 1. The Kier molecular flexibility index (Phi) is 6.69. The lowest BCUT2D eigenvalue weighted by atomic mass is 9.94. The van der Waals surface area contributed by atoms with Crippen LogP contribution >= 0.6 is 0 Å². The van der Waals surface area contributed by atoms with Gasteiger partial charge in [0.15, 0.2) is 5.60 Å². The minimum atomic E-state index is -1.29. The van der Waals surface area contributed by atoms with Gasteiger partial charge in [0.25, 0.3) is 17.4 Å². The highest BCUT2D eigenvalue weighted by molar-refractivity contribution is 5.94. The molecule has 10 nitrogen and oxygen atoms in total. The zero-order valence-electron chi connectivity index (χ0n) is 19.3. The summed E-state index contributed by atoms with van der Waals surface area (Å²) in [6.07, 6.45) is 4.72. The molecule has 180 valence electrons. The Labute approximate surface area is 196 Å². The van der Waals surface area contributed by atoms with Crippen molar-refractivity contribution in [1.82, 2.24) is 19.4 Å². The topological polar surface area (TPSA) is 112 Å². The first-order chi connectivity index (χ1) is 16.3.